The number of hydrogen-bond acceptors (Lipinski definition) is 2. The Hall–Kier alpha value is -2.48. The fourth-order valence-electron chi connectivity index (χ4n) is 4.36. The molecule has 0 N–H and O–H groups in total. The number of aryl methyl sites for hydroxylation is 2. The summed E-state index contributed by atoms with van der Waals surface area (Å²) in [4.78, 5) is 0. The first-order valence-electron chi connectivity index (χ1n) is 9.59. The molecule has 0 fully saturated rings. The van der Waals surface area contributed by atoms with Crippen molar-refractivity contribution in [2.75, 3.05) is 0 Å². The second-order valence-electron chi connectivity index (χ2n) is 7.34. The first kappa shape index (κ1) is 17.0. The van der Waals surface area contributed by atoms with Gasteiger partial charge in [0, 0.05) is 10.8 Å². The molecular formula is C24H26O2. The minimum atomic E-state index is 0.491. The molecule has 0 aliphatic rings. The van der Waals surface area contributed by atoms with E-state index in [4.69, 9.17) is 8.83 Å². The van der Waals surface area contributed by atoms with E-state index in [1.807, 2.05) is 13.8 Å². The van der Waals surface area contributed by atoms with Crippen molar-refractivity contribution in [1.82, 2.24) is 0 Å². The molecule has 2 heterocycles. The number of furan rings is 2. The molecule has 4 aromatic rings. The molecule has 0 aliphatic heterocycles. The molecule has 2 atom stereocenters. The first-order valence-corrected chi connectivity index (χ1v) is 9.59. The fourth-order valence-corrected chi connectivity index (χ4v) is 4.36. The Bertz CT molecular complexity index is 965. The molecule has 2 heteroatoms. The van der Waals surface area contributed by atoms with Crippen molar-refractivity contribution in [1.29, 1.82) is 0 Å². The van der Waals surface area contributed by atoms with E-state index >= 15 is 0 Å². The third-order valence-corrected chi connectivity index (χ3v) is 5.55. The second kappa shape index (κ2) is 6.68. The van der Waals surface area contributed by atoms with E-state index in [0.29, 0.717) is 11.8 Å². The van der Waals surface area contributed by atoms with Crippen molar-refractivity contribution in [3.63, 3.8) is 0 Å². The van der Waals surface area contributed by atoms with Crippen molar-refractivity contribution in [2.45, 2.75) is 52.4 Å². The highest BCUT2D eigenvalue weighted by Gasteiger charge is 2.23. The van der Waals surface area contributed by atoms with Crippen molar-refractivity contribution in [3.05, 3.63) is 71.2 Å². The van der Waals surface area contributed by atoms with Crippen LogP contribution in [0.1, 0.15) is 61.2 Å². The van der Waals surface area contributed by atoms with Crippen LogP contribution in [0.4, 0.5) is 0 Å². The maximum Gasteiger partial charge on any atom is 0.134 e. The molecule has 134 valence electrons. The summed E-state index contributed by atoms with van der Waals surface area (Å²) in [6, 6.07) is 17.6. The lowest BCUT2D eigenvalue weighted by atomic mass is 9.78. The summed E-state index contributed by atoms with van der Waals surface area (Å²) >= 11 is 0. The van der Waals surface area contributed by atoms with Crippen molar-refractivity contribution >= 4 is 21.9 Å². The van der Waals surface area contributed by atoms with Gasteiger partial charge in [0.15, 0.2) is 0 Å². The largest absolute Gasteiger partial charge is 0.461 e. The number of rotatable bonds is 5. The summed E-state index contributed by atoms with van der Waals surface area (Å²) in [5, 5.41) is 2.41. The quantitative estimate of drug-likeness (QED) is 0.374. The van der Waals surface area contributed by atoms with Crippen LogP contribution in [0.2, 0.25) is 0 Å². The van der Waals surface area contributed by atoms with E-state index in [-0.39, 0.29) is 0 Å². The monoisotopic (exact) mass is 346 g/mol. The van der Waals surface area contributed by atoms with E-state index in [0.717, 1.165) is 35.5 Å². The van der Waals surface area contributed by atoms with Crippen LogP contribution in [0.15, 0.2) is 57.4 Å². The molecule has 0 aliphatic carbocycles. The molecule has 26 heavy (non-hydrogen) atoms. The lowest BCUT2D eigenvalue weighted by Gasteiger charge is -2.26. The molecule has 0 saturated heterocycles. The lowest BCUT2D eigenvalue weighted by molar-refractivity contribution is 0.510. The number of benzene rings is 2. The van der Waals surface area contributed by atoms with Gasteiger partial charge in [-0.15, -0.1) is 0 Å². The van der Waals surface area contributed by atoms with E-state index < -0.39 is 0 Å². The molecule has 2 aromatic carbocycles. The topological polar surface area (TPSA) is 26.3 Å². The normalized spacial score (nSPS) is 14.2. The highest BCUT2D eigenvalue weighted by atomic mass is 16.3. The van der Waals surface area contributed by atoms with Gasteiger partial charge in [-0.1, -0.05) is 26.0 Å². The third-order valence-electron chi connectivity index (χ3n) is 5.55. The van der Waals surface area contributed by atoms with Crippen molar-refractivity contribution in [2.24, 2.45) is 0 Å². The standard InChI is InChI=1S/C24H26O2/c1-5-21(17-7-9-23-19(13-17)11-15(3)25-23)22(6-2)18-8-10-24-20(14-18)12-16(4)26-24/h7-14,21-22H,5-6H2,1-4H3/t21-,22+. The highest BCUT2D eigenvalue weighted by Crippen LogP contribution is 2.40. The van der Waals surface area contributed by atoms with E-state index in [9.17, 15) is 0 Å². The van der Waals surface area contributed by atoms with Gasteiger partial charge in [-0.25, -0.2) is 0 Å². The van der Waals surface area contributed by atoms with Gasteiger partial charge in [-0.3, -0.25) is 0 Å². The first-order chi connectivity index (χ1) is 12.6. The molecule has 0 spiro atoms. The maximum atomic E-state index is 5.75. The zero-order valence-electron chi connectivity index (χ0n) is 16.0. The van der Waals surface area contributed by atoms with Crippen LogP contribution in [-0.4, -0.2) is 0 Å². The predicted molar refractivity (Wildman–Crippen MR) is 108 cm³/mol. The molecule has 0 unspecified atom stereocenters. The minimum absolute atomic E-state index is 0.491. The van der Waals surface area contributed by atoms with Crippen LogP contribution in [0.3, 0.4) is 0 Å². The summed E-state index contributed by atoms with van der Waals surface area (Å²) in [6.45, 7) is 8.60. The molecular weight excluding hydrogens is 320 g/mol. The Morgan fingerprint density at radius 1 is 0.654 bits per heavy atom. The van der Waals surface area contributed by atoms with Gasteiger partial charge in [0.1, 0.15) is 22.7 Å². The van der Waals surface area contributed by atoms with E-state index in [1.54, 1.807) is 0 Å². The Labute approximate surface area is 154 Å². The summed E-state index contributed by atoms with van der Waals surface area (Å²) in [5.41, 5.74) is 4.75. The average Bonchev–Trinajstić information content (AvgIpc) is 3.18. The van der Waals surface area contributed by atoms with Gasteiger partial charge in [0.05, 0.1) is 0 Å². The van der Waals surface area contributed by atoms with Crippen LogP contribution in [0, 0.1) is 13.8 Å². The van der Waals surface area contributed by atoms with Crippen molar-refractivity contribution < 1.29 is 8.83 Å². The van der Waals surface area contributed by atoms with Crippen LogP contribution >= 0.6 is 0 Å². The molecule has 0 radical (unpaired) electrons. The van der Waals surface area contributed by atoms with Gasteiger partial charge < -0.3 is 8.83 Å². The Morgan fingerprint density at radius 2 is 1.08 bits per heavy atom. The third kappa shape index (κ3) is 2.94. The Kier molecular flexibility index (Phi) is 4.36. The fraction of sp³-hybridized carbons (Fsp3) is 0.333. The van der Waals surface area contributed by atoms with Gasteiger partial charge in [0.25, 0.3) is 0 Å². The van der Waals surface area contributed by atoms with Crippen LogP contribution in [-0.2, 0) is 0 Å². The zero-order chi connectivity index (χ0) is 18.3. The predicted octanol–water partition coefficient (Wildman–Crippen LogP) is 7.48. The Morgan fingerprint density at radius 3 is 1.46 bits per heavy atom. The smallest absolute Gasteiger partial charge is 0.134 e. The van der Waals surface area contributed by atoms with Gasteiger partial charge in [-0.2, -0.15) is 0 Å². The lowest BCUT2D eigenvalue weighted by Crippen LogP contribution is -2.10. The van der Waals surface area contributed by atoms with Gasteiger partial charge in [0.2, 0.25) is 0 Å². The molecule has 0 amide bonds. The molecule has 2 aromatic heterocycles. The summed E-state index contributed by atoms with van der Waals surface area (Å²) < 4.78 is 11.5. The van der Waals surface area contributed by atoms with Crippen LogP contribution < -0.4 is 0 Å². The van der Waals surface area contributed by atoms with Crippen LogP contribution in [0.25, 0.3) is 21.9 Å². The van der Waals surface area contributed by atoms with Crippen molar-refractivity contribution in [3.8, 4) is 0 Å². The van der Waals surface area contributed by atoms with E-state index in [2.05, 4.69) is 62.4 Å². The van der Waals surface area contributed by atoms with Gasteiger partial charge >= 0.3 is 0 Å². The molecule has 4 rings (SSSR count). The number of hydrogen-bond donors (Lipinski definition) is 0. The summed E-state index contributed by atoms with van der Waals surface area (Å²) in [6.07, 6.45) is 2.23. The Balaban J connectivity index is 1.75. The molecule has 2 nitrogen and oxygen atoms in total. The SMILES string of the molecule is CC[C@H](c1ccc2oc(C)cc2c1)[C@@H](CC)c1ccc2oc(C)cc2c1. The number of fused-ring (bicyclic) bond motifs is 2. The molecule has 0 saturated carbocycles. The van der Waals surface area contributed by atoms with E-state index in [1.165, 1.54) is 21.9 Å². The highest BCUT2D eigenvalue weighted by molar-refractivity contribution is 5.80. The second-order valence-corrected chi connectivity index (χ2v) is 7.34. The van der Waals surface area contributed by atoms with Crippen LogP contribution in [0.5, 0.6) is 0 Å². The summed E-state index contributed by atoms with van der Waals surface area (Å²) in [7, 11) is 0. The maximum absolute atomic E-state index is 5.75. The molecule has 0 bridgehead atoms. The van der Waals surface area contributed by atoms with Gasteiger partial charge in [-0.05, 0) is 86.1 Å². The summed E-state index contributed by atoms with van der Waals surface area (Å²) in [5.74, 6) is 2.92. The average molecular weight is 346 g/mol. The minimum Gasteiger partial charge on any atom is -0.461 e. The zero-order valence-corrected chi connectivity index (χ0v) is 16.0.